The number of thioether (sulfide) groups is 1. The van der Waals surface area contributed by atoms with Gasteiger partial charge in [0.2, 0.25) is 0 Å². The maximum Gasteiger partial charge on any atom is 0.145 e. The van der Waals surface area contributed by atoms with Gasteiger partial charge in [0.1, 0.15) is 5.82 Å². The quantitative estimate of drug-likeness (QED) is 0.937. The van der Waals surface area contributed by atoms with Crippen molar-refractivity contribution in [1.29, 1.82) is 0 Å². The van der Waals surface area contributed by atoms with E-state index < -0.39 is 0 Å². The van der Waals surface area contributed by atoms with E-state index in [1.54, 1.807) is 0 Å². The van der Waals surface area contributed by atoms with Gasteiger partial charge in [-0.25, -0.2) is 4.98 Å². The van der Waals surface area contributed by atoms with E-state index >= 15 is 0 Å². The molecule has 1 aliphatic rings. The van der Waals surface area contributed by atoms with Gasteiger partial charge in [0.05, 0.1) is 17.2 Å². The second kappa shape index (κ2) is 5.97. The standard InChI is InChI=1S/C15H19N3OS/c1-20-15(6-8-19-9-7-15)11-17-14-10-16-12-4-2-3-5-13(12)18-14/h2-5,10H,6-9,11H2,1H3,(H,17,18). The number of anilines is 1. The fourth-order valence-corrected chi connectivity index (χ4v) is 3.28. The van der Waals surface area contributed by atoms with Gasteiger partial charge >= 0.3 is 0 Å². The van der Waals surface area contributed by atoms with Gasteiger partial charge in [-0.05, 0) is 31.2 Å². The fraction of sp³-hybridized carbons (Fsp3) is 0.467. The number of hydrogen-bond acceptors (Lipinski definition) is 5. The molecular formula is C15H19N3OS. The molecule has 2 aromatic rings. The zero-order valence-electron chi connectivity index (χ0n) is 11.6. The maximum absolute atomic E-state index is 5.47. The van der Waals surface area contributed by atoms with Crippen molar-refractivity contribution in [2.45, 2.75) is 17.6 Å². The molecule has 0 bridgehead atoms. The van der Waals surface area contributed by atoms with Crippen LogP contribution >= 0.6 is 11.8 Å². The van der Waals surface area contributed by atoms with Gasteiger partial charge < -0.3 is 10.1 Å². The highest BCUT2D eigenvalue weighted by Gasteiger charge is 2.31. The SMILES string of the molecule is CSC1(CNc2cnc3ccccc3n2)CCOCC1. The van der Waals surface area contributed by atoms with Crippen LogP contribution in [0.1, 0.15) is 12.8 Å². The van der Waals surface area contributed by atoms with Gasteiger partial charge in [0.25, 0.3) is 0 Å². The van der Waals surface area contributed by atoms with Gasteiger partial charge in [0, 0.05) is 24.5 Å². The Morgan fingerprint density at radius 1 is 1.25 bits per heavy atom. The summed E-state index contributed by atoms with van der Waals surface area (Å²) in [5, 5.41) is 3.45. The van der Waals surface area contributed by atoms with E-state index in [0.29, 0.717) is 0 Å². The lowest BCUT2D eigenvalue weighted by molar-refractivity contribution is 0.0802. The molecule has 0 radical (unpaired) electrons. The van der Waals surface area contributed by atoms with Crippen LogP contribution in [0, 0.1) is 0 Å². The van der Waals surface area contributed by atoms with Gasteiger partial charge in [-0.2, -0.15) is 11.8 Å². The van der Waals surface area contributed by atoms with Gasteiger partial charge in [-0.1, -0.05) is 12.1 Å². The van der Waals surface area contributed by atoms with Crippen molar-refractivity contribution in [2.24, 2.45) is 0 Å². The van der Waals surface area contributed by atoms with Crippen LogP contribution in [0.2, 0.25) is 0 Å². The lowest BCUT2D eigenvalue weighted by Gasteiger charge is -2.35. The number of nitrogens with zero attached hydrogens (tertiary/aromatic N) is 2. The second-order valence-corrected chi connectivity index (χ2v) is 6.37. The monoisotopic (exact) mass is 289 g/mol. The molecule has 5 heteroatoms. The third-order valence-electron chi connectivity index (χ3n) is 3.88. The molecule has 1 saturated heterocycles. The first-order valence-electron chi connectivity index (χ1n) is 6.90. The minimum absolute atomic E-state index is 0.256. The van der Waals surface area contributed by atoms with Crippen LogP contribution < -0.4 is 5.32 Å². The van der Waals surface area contributed by atoms with Gasteiger partial charge in [-0.3, -0.25) is 4.98 Å². The van der Waals surface area contributed by atoms with Crippen molar-refractivity contribution >= 4 is 28.6 Å². The molecule has 106 valence electrons. The lowest BCUT2D eigenvalue weighted by Crippen LogP contribution is -2.39. The summed E-state index contributed by atoms with van der Waals surface area (Å²) in [5.41, 5.74) is 1.87. The van der Waals surface area contributed by atoms with Crippen LogP contribution in [-0.2, 0) is 4.74 Å². The summed E-state index contributed by atoms with van der Waals surface area (Å²) in [7, 11) is 0. The van der Waals surface area contributed by atoms with Crippen molar-refractivity contribution in [3.8, 4) is 0 Å². The molecule has 2 heterocycles. The number of para-hydroxylation sites is 2. The van der Waals surface area contributed by atoms with Crippen LogP contribution in [0.5, 0.6) is 0 Å². The molecule has 3 rings (SSSR count). The van der Waals surface area contributed by atoms with Crippen LogP contribution in [0.4, 0.5) is 5.82 Å². The number of nitrogens with one attached hydrogen (secondary N) is 1. The zero-order valence-corrected chi connectivity index (χ0v) is 12.4. The highest BCUT2D eigenvalue weighted by atomic mass is 32.2. The smallest absolute Gasteiger partial charge is 0.145 e. The predicted octanol–water partition coefficient (Wildman–Crippen LogP) is 2.95. The van der Waals surface area contributed by atoms with Crippen LogP contribution in [0.15, 0.2) is 30.5 Å². The highest BCUT2D eigenvalue weighted by Crippen LogP contribution is 2.33. The fourth-order valence-electron chi connectivity index (χ4n) is 2.49. The second-order valence-electron chi connectivity index (χ2n) is 5.10. The number of aromatic nitrogens is 2. The third kappa shape index (κ3) is 2.88. The zero-order chi connectivity index (χ0) is 13.8. The van der Waals surface area contributed by atoms with E-state index in [4.69, 9.17) is 4.74 Å². The Hall–Kier alpha value is -1.33. The van der Waals surface area contributed by atoms with Crippen LogP contribution in [0.3, 0.4) is 0 Å². The molecule has 1 aromatic carbocycles. The Balaban J connectivity index is 1.72. The van der Waals surface area contributed by atoms with E-state index in [1.807, 2.05) is 42.2 Å². The molecule has 1 N–H and O–H groups in total. The van der Waals surface area contributed by atoms with E-state index in [2.05, 4.69) is 21.5 Å². The topological polar surface area (TPSA) is 47.0 Å². The summed E-state index contributed by atoms with van der Waals surface area (Å²) in [6.45, 7) is 2.61. The largest absolute Gasteiger partial charge is 0.381 e. The summed E-state index contributed by atoms with van der Waals surface area (Å²) < 4.78 is 5.72. The molecule has 0 amide bonds. The number of rotatable bonds is 4. The molecule has 4 nitrogen and oxygen atoms in total. The Morgan fingerprint density at radius 2 is 2.00 bits per heavy atom. The van der Waals surface area contributed by atoms with E-state index in [9.17, 15) is 0 Å². The summed E-state index contributed by atoms with van der Waals surface area (Å²) in [4.78, 5) is 9.05. The minimum Gasteiger partial charge on any atom is -0.381 e. The molecular weight excluding hydrogens is 270 g/mol. The van der Waals surface area contributed by atoms with E-state index in [-0.39, 0.29) is 4.75 Å². The summed E-state index contributed by atoms with van der Waals surface area (Å²) in [6, 6.07) is 7.94. The first kappa shape index (κ1) is 13.6. The molecule has 0 unspecified atom stereocenters. The summed E-state index contributed by atoms with van der Waals surface area (Å²) >= 11 is 1.93. The first-order chi connectivity index (χ1) is 9.81. The molecule has 0 spiro atoms. The Labute approximate surface area is 123 Å². The molecule has 0 saturated carbocycles. The predicted molar refractivity (Wildman–Crippen MR) is 84.3 cm³/mol. The average Bonchev–Trinajstić information content (AvgIpc) is 2.54. The Kier molecular flexibility index (Phi) is 4.08. The molecule has 20 heavy (non-hydrogen) atoms. The van der Waals surface area contributed by atoms with Crippen molar-refractivity contribution in [1.82, 2.24) is 9.97 Å². The lowest BCUT2D eigenvalue weighted by atomic mass is 9.99. The first-order valence-corrected chi connectivity index (χ1v) is 8.12. The summed E-state index contributed by atoms with van der Waals surface area (Å²) in [6.07, 6.45) is 6.17. The highest BCUT2D eigenvalue weighted by molar-refractivity contribution is 8.00. The average molecular weight is 289 g/mol. The molecule has 0 aliphatic carbocycles. The van der Waals surface area contributed by atoms with Crippen molar-refractivity contribution in [3.63, 3.8) is 0 Å². The minimum atomic E-state index is 0.256. The van der Waals surface area contributed by atoms with Gasteiger partial charge in [0.15, 0.2) is 0 Å². The normalized spacial score (nSPS) is 18.1. The molecule has 1 aliphatic heterocycles. The number of ether oxygens (including phenoxy) is 1. The maximum atomic E-state index is 5.47. The number of hydrogen-bond donors (Lipinski definition) is 1. The molecule has 1 fully saturated rings. The number of fused-ring (bicyclic) bond motifs is 1. The Morgan fingerprint density at radius 3 is 2.75 bits per heavy atom. The van der Waals surface area contributed by atoms with Gasteiger partial charge in [-0.15, -0.1) is 0 Å². The molecule has 1 aromatic heterocycles. The Bertz CT molecular complexity index is 584. The summed E-state index contributed by atoms with van der Waals surface area (Å²) in [5.74, 6) is 0.851. The van der Waals surface area contributed by atoms with Crippen LogP contribution in [-0.4, -0.2) is 40.7 Å². The van der Waals surface area contributed by atoms with E-state index in [0.717, 1.165) is 49.5 Å². The van der Waals surface area contributed by atoms with Crippen molar-refractivity contribution in [2.75, 3.05) is 31.3 Å². The third-order valence-corrected chi connectivity index (χ3v) is 5.30. The van der Waals surface area contributed by atoms with E-state index in [1.165, 1.54) is 0 Å². The number of benzene rings is 1. The van der Waals surface area contributed by atoms with Crippen molar-refractivity contribution < 1.29 is 4.74 Å². The van der Waals surface area contributed by atoms with Crippen molar-refractivity contribution in [3.05, 3.63) is 30.5 Å². The molecule has 0 atom stereocenters. The van der Waals surface area contributed by atoms with Crippen LogP contribution in [0.25, 0.3) is 11.0 Å².